The summed E-state index contributed by atoms with van der Waals surface area (Å²) in [6.45, 7) is 0. The fourth-order valence-electron chi connectivity index (χ4n) is 2.52. The number of amides is 2. The van der Waals surface area contributed by atoms with Crippen molar-refractivity contribution in [3.8, 4) is 5.75 Å². The highest BCUT2D eigenvalue weighted by molar-refractivity contribution is 8.00. The minimum absolute atomic E-state index is 0.114. The third-order valence-corrected chi connectivity index (χ3v) is 6.67. The quantitative estimate of drug-likeness (QED) is 0.764. The van der Waals surface area contributed by atoms with Crippen LogP contribution in [0.4, 0.5) is 11.4 Å². The van der Waals surface area contributed by atoms with E-state index in [1.54, 1.807) is 30.3 Å². The molecule has 3 rings (SSSR count). The van der Waals surface area contributed by atoms with Gasteiger partial charge >= 0.3 is 0 Å². The summed E-state index contributed by atoms with van der Waals surface area (Å²) in [5.74, 6) is 0.0285. The molecule has 0 spiro atoms. The van der Waals surface area contributed by atoms with Gasteiger partial charge in [0.25, 0.3) is 0 Å². The predicted molar refractivity (Wildman–Crippen MR) is 104 cm³/mol. The number of fused-ring (bicyclic) bond motifs is 1. The van der Waals surface area contributed by atoms with Crippen LogP contribution in [-0.4, -0.2) is 38.8 Å². The van der Waals surface area contributed by atoms with Crippen molar-refractivity contribution in [1.82, 2.24) is 0 Å². The van der Waals surface area contributed by atoms with Gasteiger partial charge in [-0.15, -0.1) is 11.8 Å². The number of sulfone groups is 1. The molecule has 1 aliphatic heterocycles. The number of carbonyl (C=O) groups is 2. The molecular formula is C18H18N2O5S2. The minimum Gasteiger partial charge on any atom is -0.497 e. The third kappa shape index (κ3) is 4.81. The fraction of sp³-hybridized carbons (Fsp3) is 0.222. The molecule has 2 amide bonds. The van der Waals surface area contributed by atoms with Gasteiger partial charge < -0.3 is 15.4 Å². The first-order chi connectivity index (χ1) is 12.9. The number of rotatable bonds is 6. The summed E-state index contributed by atoms with van der Waals surface area (Å²) in [5, 5.41) is 5.36. The lowest BCUT2D eigenvalue weighted by atomic mass is 10.3. The van der Waals surface area contributed by atoms with Crippen molar-refractivity contribution < 1.29 is 22.7 Å². The smallest absolute Gasteiger partial charge is 0.234 e. The Kier molecular flexibility index (Phi) is 5.71. The third-order valence-electron chi connectivity index (χ3n) is 3.90. The Labute approximate surface area is 161 Å². The van der Waals surface area contributed by atoms with Crippen LogP contribution in [0.2, 0.25) is 0 Å². The van der Waals surface area contributed by atoms with Crippen molar-refractivity contribution in [2.45, 2.75) is 16.2 Å². The Bertz CT molecular complexity index is 989. The molecule has 27 heavy (non-hydrogen) atoms. The molecule has 0 aliphatic carbocycles. The van der Waals surface area contributed by atoms with E-state index in [0.29, 0.717) is 22.0 Å². The molecule has 0 aromatic heterocycles. The largest absolute Gasteiger partial charge is 0.497 e. The van der Waals surface area contributed by atoms with Crippen LogP contribution in [-0.2, 0) is 19.4 Å². The van der Waals surface area contributed by atoms with Gasteiger partial charge in [-0.05, 0) is 30.3 Å². The summed E-state index contributed by atoms with van der Waals surface area (Å²) in [4.78, 5) is 24.3. The molecule has 2 aromatic rings. The number of benzene rings is 2. The monoisotopic (exact) mass is 406 g/mol. The second-order valence-electron chi connectivity index (χ2n) is 5.84. The van der Waals surface area contributed by atoms with Gasteiger partial charge in [-0.1, -0.05) is 6.07 Å². The van der Waals surface area contributed by atoms with Crippen LogP contribution in [0.3, 0.4) is 0 Å². The zero-order valence-electron chi connectivity index (χ0n) is 14.5. The Balaban J connectivity index is 1.64. The maximum Gasteiger partial charge on any atom is 0.234 e. The summed E-state index contributed by atoms with van der Waals surface area (Å²) < 4.78 is 30.2. The van der Waals surface area contributed by atoms with Crippen molar-refractivity contribution in [3.05, 3.63) is 42.5 Å². The van der Waals surface area contributed by atoms with Crippen LogP contribution < -0.4 is 15.4 Å². The first kappa shape index (κ1) is 19.2. The molecule has 142 valence electrons. The average molecular weight is 406 g/mol. The summed E-state index contributed by atoms with van der Waals surface area (Å²) in [6, 6.07) is 11.4. The van der Waals surface area contributed by atoms with Crippen molar-refractivity contribution in [2.75, 3.05) is 29.2 Å². The first-order valence-electron chi connectivity index (χ1n) is 8.11. The molecule has 2 N–H and O–H groups in total. The number of thioether (sulfide) groups is 1. The van der Waals surface area contributed by atoms with Crippen molar-refractivity contribution in [2.24, 2.45) is 0 Å². The highest BCUT2D eigenvalue weighted by atomic mass is 32.2. The zero-order chi connectivity index (χ0) is 19.4. The van der Waals surface area contributed by atoms with Gasteiger partial charge in [-0.25, -0.2) is 8.42 Å². The summed E-state index contributed by atoms with van der Waals surface area (Å²) in [5.41, 5.74) is 1.14. The van der Waals surface area contributed by atoms with Gasteiger partial charge in [0.2, 0.25) is 11.8 Å². The SMILES string of the molecule is COc1cccc(NC(=O)CCS(=O)(=O)c2ccc3c(c2)SCC(=O)N3)c1. The molecule has 0 radical (unpaired) electrons. The average Bonchev–Trinajstić information content (AvgIpc) is 2.66. The van der Waals surface area contributed by atoms with E-state index in [0.717, 1.165) is 0 Å². The first-order valence-corrected chi connectivity index (χ1v) is 10.7. The molecule has 0 fully saturated rings. The predicted octanol–water partition coefficient (Wildman–Crippen LogP) is 2.54. The van der Waals surface area contributed by atoms with Crippen LogP contribution in [0.15, 0.2) is 52.3 Å². The number of hydrogen-bond acceptors (Lipinski definition) is 6. The van der Waals surface area contributed by atoms with Crippen LogP contribution in [0, 0.1) is 0 Å². The Morgan fingerprint density at radius 3 is 2.85 bits per heavy atom. The normalized spacial score (nSPS) is 13.4. The van der Waals surface area contributed by atoms with Gasteiger partial charge in [-0.2, -0.15) is 0 Å². The Morgan fingerprint density at radius 1 is 1.26 bits per heavy atom. The summed E-state index contributed by atoms with van der Waals surface area (Å²) >= 11 is 1.29. The lowest BCUT2D eigenvalue weighted by Crippen LogP contribution is -2.20. The summed E-state index contributed by atoms with van der Waals surface area (Å²) in [7, 11) is -2.10. The number of nitrogens with one attached hydrogen (secondary N) is 2. The van der Waals surface area contributed by atoms with E-state index in [-0.39, 0.29) is 28.7 Å². The number of methoxy groups -OCH3 is 1. The van der Waals surface area contributed by atoms with E-state index >= 15 is 0 Å². The second kappa shape index (κ2) is 8.01. The molecule has 0 atom stereocenters. The molecule has 1 heterocycles. The lowest BCUT2D eigenvalue weighted by Gasteiger charge is -2.17. The summed E-state index contributed by atoms with van der Waals surface area (Å²) in [6.07, 6.45) is -0.166. The maximum atomic E-state index is 12.5. The van der Waals surface area contributed by atoms with Crippen LogP contribution >= 0.6 is 11.8 Å². The van der Waals surface area contributed by atoms with Gasteiger partial charge in [0, 0.05) is 23.1 Å². The minimum atomic E-state index is -3.62. The van der Waals surface area contributed by atoms with Gasteiger partial charge in [0.1, 0.15) is 5.75 Å². The molecule has 0 saturated carbocycles. The molecule has 1 aliphatic rings. The van der Waals surface area contributed by atoms with Crippen LogP contribution in [0.5, 0.6) is 5.75 Å². The molecular weight excluding hydrogens is 388 g/mol. The topological polar surface area (TPSA) is 102 Å². The molecule has 7 nitrogen and oxygen atoms in total. The molecule has 0 bridgehead atoms. The van der Waals surface area contributed by atoms with Gasteiger partial charge in [0.15, 0.2) is 9.84 Å². The Hall–Kier alpha value is -2.52. The zero-order valence-corrected chi connectivity index (χ0v) is 16.2. The van der Waals surface area contributed by atoms with Gasteiger partial charge in [-0.3, -0.25) is 9.59 Å². The highest BCUT2D eigenvalue weighted by Crippen LogP contribution is 2.33. The lowest BCUT2D eigenvalue weighted by molar-refractivity contribution is -0.116. The van der Waals surface area contributed by atoms with Gasteiger partial charge in [0.05, 0.1) is 29.2 Å². The van der Waals surface area contributed by atoms with E-state index in [1.165, 1.54) is 31.0 Å². The van der Waals surface area contributed by atoms with E-state index < -0.39 is 15.7 Å². The van der Waals surface area contributed by atoms with E-state index in [2.05, 4.69) is 10.6 Å². The van der Waals surface area contributed by atoms with E-state index in [9.17, 15) is 18.0 Å². The fourth-order valence-corrected chi connectivity index (χ4v) is 4.70. The second-order valence-corrected chi connectivity index (χ2v) is 8.97. The number of hydrogen-bond donors (Lipinski definition) is 2. The maximum absolute atomic E-state index is 12.5. The molecule has 0 saturated heterocycles. The van der Waals surface area contributed by atoms with Crippen molar-refractivity contribution >= 4 is 44.8 Å². The Morgan fingerprint density at radius 2 is 2.07 bits per heavy atom. The highest BCUT2D eigenvalue weighted by Gasteiger charge is 2.21. The van der Waals surface area contributed by atoms with E-state index in [1.807, 2.05) is 0 Å². The number of anilines is 2. The number of ether oxygens (including phenoxy) is 1. The van der Waals surface area contributed by atoms with Crippen molar-refractivity contribution in [1.29, 1.82) is 0 Å². The molecule has 9 heteroatoms. The van der Waals surface area contributed by atoms with Crippen LogP contribution in [0.25, 0.3) is 0 Å². The number of carbonyl (C=O) groups excluding carboxylic acids is 2. The molecule has 2 aromatic carbocycles. The van der Waals surface area contributed by atoms with E-state index in [4.69, 9.17) is 4.74 Å². The molecule has 0 unspecified atom stereocenters. The standard InChI is InChI=1S/C18H18N2O5S2/c1-25-13-4-2-3-12(9-13)19-17(21)7-8-27(23,24)14-5-6-15-16(10-14)26-11-18(22)20-15/h2-6,9-10H,7-8,11H2,1H3,(H,19,21)(H,20,22). The van der Waals surface area contributed by atoms with Crippen molar-refractivity contribution in [3.63, 3.8) is 0 Å². The van der Waals surface area contributed by atoms with Crippen LogP contribution in [0.1, 0.15) is 6.42 Å².